The van der Waals surface area contributed by atoms with E-state index in [0.29, 0.717) is 6.42 Å². The molecule has 1 aromatic heterocycles. The average Bonchev–Trinajstić information content (AvgIpc) is 3.10. The van der Waals surface area contributed by atoms with E-state index in [-0.39, 0.29) is 5.91 Å². The lowest BCUT2D eigenvalue weighted by atomic mass is 10.1. The van der Waals surface area contributed by atoms with Gasteiger partial charge in [-0.3, -0.25) is 4.79 Å². The van der Waals surface area contributed by atoms with E-state index >= 15 is 0 Å². The van der Waals surface area contributed by atoms with Crippen LogP contribution in [0.3, 0.4) is 0 Å². The molecule has 0 aliphatic carbocycles. The van der Waals surface area contributed by atoms with Crippen molar-refractivity contribution in [2.24, 2.45) is 0 Å². The Morgan fingerprint density at radius 3 is 2.54 bits per heavy atom. The van der Waals surface area contributed by atoms with Gasteiger partial charge in [-0.25, -0.2) is 0 Å². The van der Waals surface area contributed by atoms with Gasteiger partial charge in [-0.05, 0) is 41.3 Å². The predicted octanol–water partition coefficient (Wildman–Crippen LogP) is 3.06. The second kappa shape index (κ2) is 6.40. The van der Waals surface area contributed by atoms with Gasteiger partial charge in [0.05, 0.1) is 6.42 Å². The average molecular weight is 319 g/mol. The molecule has 0 saturated carbocycles. The number of H-pyrrole nitrogens is 1. The van der Waals surface area contributed by atoms with E-state index in [9.17, 15) is 4.79 Å². The number of nitrogens with one attached hydrogen (secondary N) is 1. The summed E-state index contributed by atoms with van der Waals surface area (Å²) in [7, 11) is 0. The first-order chi connectivity index (χ1) is 11.8. The maximum Gasteiger partial charge on any atom is 0.227 e. The molecular formula is C20H21N3O. The molecule has 1 aliphatic heterocycles. The lowest BCUT2D eigenvalue weighted by Crippen LogP contribution is -2.49. The zero-order chi connectivity index (χ0) is 16.4. The number of anilines is 1. The molecular weight excluding hydrogens is 298 g/mol. The van der Waals surface area contributed by atoms with Crippen LogP contribution in [0.5, 0.6) is 0 Å². The van der Waals surface area contributed by atoms with Crippen LogP contribution in [0.2, 0.25) is 0 Å². The topological polar surface area (TPSA) is 39.3 Å². The van der Waals surface area contributed by atoms with Crippen LogP contribution in [0.15, 0.2) is 60.8 Å². The smallest absolute Gasteiger partial charge is 0.227 e. The summed E-state index contributed by atoms with van der Waals surface area (Å²) in [4.78, 5) is 20.1. The number of carbonyl (C=O) groups is 1. The zero-order valence-corrected chi connectivity index (χ0v) is 13.6. The Kier molecular flexibility index (Phi) is 3.95. The van der Waals surface area contributed by atoms with Gasteiger partial charge in [0.1, 0.15) is 0 Å². The first-order valence-corrected chi connectivity index (χ1v) is 8.43. The molecule has 1 aliphatic rings. The number of hydrogen-bond acceptors (Lipinski definition) is 2. The number of aromatic amines is 1. The van der Waals surface area contributed by atoms with Gasteiger partial charge in [0.15, 0.2) is 0 Å². The SMILES string of the molecule is O=C(Cc1ccc2[nH]ccc2c1)N1CCN(c2ccccc2)CC1. The minimum Gasteiger partial charge on any atom is -0.368 e. The van der Waals surface area contributed by atoms with E-state index in [1.807, 2.05) is 35.4 Å². The number of nitrogens with zero attached hydrogens (tertiary/aromatic N) is 2. The molecule has 4 nitrogen and oxygen atoms in total. The Bertz CT molecular complexity index is 832. The van der Waals surface area contributed by atoms with E-state index in [4.69, 9.17) is 0 Å². The van der Waals surface area contributed by atoms with Crippen molar-refractivity contribution in [1.82, 2.24) is 9.88 Å². The van der Waals surface area contributed by atoms with Crippen molar-refractivity contribution in [2.75, 3.05) is 31.1 Å². The summed E-state index contributed by atoms with van der Waals surface area (Å²) >= 11 is 0. The summed E-state index contributed by atoms with van der Waals surface area (Å²) in [6.07, 6.45) is 2.41. The van der Waals surface area contributed by atoms with Crippen molar-refractivity contribution in [3.05, 3.63) is 66.4 Å². The van der Waals surface area contributed by atoms with Crippen LogP contribution in [0.25, 0.3) is 10.9 Å². The number of amides is 1. The Hall–Kier alpha value is -2.75. The first-order valence-electron chi connectivity index (χ1n) is 8.43. The lowest BCUT2D eigenvalue weighted by molar-refractivity contribution is -0.130. The van der Waals surface area contributed by atoms with Crippen LogP contribution in [0, 0.1) is 0 Å². The van der Waals surface area contributed by atoms with Crippen LogP contribution in [-0.4, -0.2) is 42.0 Å². The van der Waals surface area contributed by atoms with Gasteiger partial charge in [-0.15, -0.1) is 0 Å². The third-order valence-corrected chi connectivity index (χ3v) is 4.73. The molecule has 4 rings (SSSR count). The Morgan fingerprint density at radius 2 is 1.75 bits per heavy atom. The second-order valence-electron chi connectivity index (χ2n) is 6.28. The molecule has 0 atom stereocenters. The van der Waals surface area contributed by atoms with Crippen LogP contribution < -0.4 is 4.90 Å². The highest BCUT2D eigenvalue weighted by atomic mass is 16.2. The summed E-state index contributed by atoms with van der Waals surface area (Å²) in [5.74, 6) is 0.220. The van der Waals surface area contributed by atoms with Gasteiger partial charge in [-0.1, -0.05) is 24.3 Å². The van der Waals surface area contributed by atoms with Gasteiger partial charge >= 0.3 is 0 Å². The zero-order valence-electron chi connectivity index (χ0n) is 13.6. The molecule has 0 unspecified atom stereocenters. The molecule has 4 heteroatoms. The molecule has 0 radical (unpaired) electrons. The van der Waals surface area contributed by atoms with E-state index in [2.05, 4.69) is 40.2 Å². The summed E-state index contributed by atoms with van der Waals surface area (Å²) in [6, 6.07) is 18.6. The molecule has 1 N–H and O–H groups in total. The largest absolute Gasteiger partial charge is 0.368 e. The number of piperazine rings is 1. The van der Waals surface area contributed by atoms with Gasteiger partial charge in [0.25, 0.3) is 0 Å². The highest BCUT2D eigenvalue weighted by molar-refractivity contribution is 5.83. The summed E-state index contributed by atoms with van der Waals surface area (Å²) in [5, 5.41) is 1.16. The van der Waals surface area contributed by atoms with Gasteiger partial charge in [0.2, 0.25) is 5.91 Å². The number of carbonyl (C=O) groups excluding carboxylic acids is 1. The predicted molar refractivity (Wildman–Crippen MR) is 97.2 cm³/mol. The third-order valence-electron chi connectivity index (χ3n) is 4.73. The molecule has 1 fully saturated rings. The van der Waals surface area contributed by atoms with Crippen molar-refractivity contribution in [3.8, 4) is 0 Å². The monoisotopic (exact) mass is 319 g/mol. The maximum absolute atomic E-state index is 12.6. The molecule has 2 heterocycles. The van der Waals surface area contributed by atoms with Gasteiger partial charge < -0.3 is 14.8 Å². The van der Waals surface area contributed by atoms with Crippen LogP contribution >= 0.6 is 0 Å². The Balaban J connectivity index is 1.37. The maximum atomic E-state index is 12.6. The summed E-state index contributed by atoms with van der Waals surface area (Å²) in [5.41, 5.74) is 3.43. The normalized spacial score (nSPS) is 15.0. The highest BCUT2D eigenvalue weighted by Gasteiger charge is 2.21. The quantitative estimate of drug-likeness (QED) is 0.806. The van der Waals surface area contributed by atoms with E-state index in [1.165, 1.54) is 5.69 Å². The molecule has 0 spiro atoms. The summed E-state index contributed by atoms with van der Waals surface area (Å²) < 4.78 is 0. The van der Waals surface area contributed by atoms with Gasteiger partial charge in [0, 0.05) is 43.6 Å². The fourth-order valence-electron chi connectivity index (χ4n) is 3.35. The molecule has 0 bridgehead atoms. The molecule has 3 aromatic rings. The van der Waals surface area contributed by atoms with E-state index < -0.39 is 0 Å². The van der Waals surface area contributed by atoms with E-state index in [1.54, 1.807) is 0 Å². The molecule has 1 saturated heterocycles. The number of hydrogen-bond donors (Lipinski definition) is 1. The van der Waals surface area contributed by atoms with Crippen molar-refractivity contribution in [1.29, 1.82) is 0 Å². The minimum atomic E-state index is 0.220. The number of benzene rings is 2. The first kappa shape index (κ1) is 14.8. The van der Waals surface area contributed by atoms with E-state index in [0.717, 1.165) is 42.6 Å². The molecule has 2 aromatic carbocycles. The van der Waals surface area contributed by atoms with Crippen LogP contribution in [0.4, 0.5) is 5.69 Å². The van der Waals surface area contributed by atoms with Crippen LogP contribution in [-0.2, 0) is 11.2 Å². The van der Waals surface area contributed by atoms with Gasteiger partial charge in [-0.2, -0.15) is 0 Å². The lowest BCUT2D eigenvalue weighted by Gasteiger charge is -2.36. The molecule has 1 amide bonds. The number of fused-ring (bicyclic) bond motifs is 1. The van der Waals surface area contributed by atoms with Crippen molar-refractivity contribution < 1.29 is 4.79 Å². The second-order valence-corrected chi connectivity index (χ2v) is 6.28. The fraction of sp³-hybridized carbons (Fsp3) is 0.250. The Morgan fingerprint density at radius 1 is 0.958 bits per heavy atom. The van der Waals surface area contributed by atoms with Crippen molar-refractivity contribution in [3.63, 3.8) is 0 Å². The van der Waals surface area contributed by atoms with Crippen molar-refractivity contribution in [2.45, 2.75) is 6.42 Å². The minimum absolute atomic E-state index is 0.220. The standard InChI is InChI=1S/C20H21N3O/c24-20(15-16-6-7-19-17(14-16)8-9-21-19)23-12-10-22(11-13-23)18-4-2-1-3-5-18/h1-9,14,21H,10-13,15H2. The number of aromatic nitrogens is 1. The highest BCUT2D eigenvalue weighted by Crippen LogP contribution is 2.18. The Labute approximate surface area is 141 Å². The van der Waals surface area contributed by atoms with Crippen molar-refractivity contribution >= 4 is 22.5 Å². The molecule has 122 valence electrons. The fourth-order valence-corrected chi connectivity index (χ4v) is 3.35. The molecule has 24 heavy (non-hydrogen) atoms. The number of para-hydroxylation sites is 1. The number of rotatable bonds is 3. The summed E-state index contributed by atoms with van der Waals surface area (Å²) in [6.45, 7) is 3.37. The third kappa shape index (κ3) is 3.00. The van der Waals surface area contributed by atoms with Crippen LogP contribution in [0.1, 0.15) is 5.56 Å².